The number of rotatable bonds is 5. The van der Waals surface area contributed by atoms with E-state index in [0.717, 1.165) is 35.3 Å². The molecule has 2 fully saturated rings. The topological polar surface area (TPSA) is 105 Å². The summed E-state index contributed by atoms with van der Waals surface area (Å²) in [5, 5.41) is 7.06. The van der Waals surface area contributed by atoms with E-state index < -0.39 is 38.1 Å². The molecular weight excluding hydrogens is 461 g/mol. The van der Waals surface area contributed by atoms with Gasteiger partial charge in [-0.1, -0.05) is 30.1 Å². The van der Waals surface area contributed by atoms with Crippen molar-refractivity contribution in [3.8, 4) is 0 Å². The van der Waals surface area contributed by atoms with Crippen molar-refractivity contribution < 1.29 is 30.9 Å². The van der Waals surface area contributed by atoms with Crippen molar-refractivity contribution in [3.63, 3.8) is 0 Å². The average Bonchev–Trinajstić information content (AvgIpc) is 3.43. The molecule has 2 heterocycles. The van der Waals surface area contributed by atoms with Crippen LogP contribution in [0.25, 0.3) is 0 Å². The number of aromatic nitrogens is 2. The molecule has 1 N–H and O–H groups in total. The molecule has 1 amide bonds. The molecule has 1 saturated heterocycles. The summed E-state index contributed by atoms with van der Waals surface area (Å²) in [5.74, 6) is 0.157. The van der Waals surface area contributed by atoms with Gasteiger partial charge in [-0.25, -0.2) is 8.42 Å². The number of alkyl halides is 3. The minimum atomic E-state index is -4.79. The SMILES string of the molecule is Cc1nc(C2(NC(=O)C3CCN(S(=O)(=O)c4ccccc4C(F)(F)F)CC3)CCCC2)no1. The van der Waals surface area contributed by atoms with Crippen LogP contribution in [0.3, 0.4) is 0 Å². The number of aryl methyl sites for hydroxylation is 1. The van der Waals surface area contributed by atoms with Gasteiger partial charge in [-0.15, -0.1) is 0 Å². The van der Waals surface area contributed by atoms with Crippen molar-refractivity contribution >= 4 is 15.9 Å². The maximum atomic E-state index is 13.3. The normalized spacial score (nSPS) is 20.1. The molecule has 180 valence electrons. The van der Waals surface area contributed by atoms with Gasteiger partial charge in [-0.05, 0) is 37.8 Å². The highest BCUT2D eigenvalue weighted by molar-refractivity contribution is 7.89. The molecule has 1 saturated carbocycles. The number of nitrogens with one attached hydrogen (secondary N) is 1. The third-order valence-electron chi connectivity index (χ3n) is 6.41. The van der Waals surface area contributed by atoms with Crippen LogP contribution in [0.5, 0.6) is 0 Å². The van der Waals surface area contributed by atoms with E-state index in [9.17, 15) is 26.4 Å². The summed E-state index contributed by atoms with van der Waals surface area (Å²) in [6, 6.07) is 4.15. The number of carbonyl (C=O) groups is 1. The molecule has 1 aliphatic carbocycles. The molecule has 8 nitrogen and oxygen atoms in total. The summed E-state index contributed by atoms with van der Waals surface area (Å²) >= 11 is 0. The average molecular weight is 487 g/mol. The first-order valence-corrected chi connectivity index (χ1v) is 12.3. The highest BCUT2D eigenvalue weighted by Gasteiger charge is 2.44. The predicted molar refractivity (Wildman–Crippen MR) is 110 cm³/mol. The zero-order chi connectivity index (χ0) is 23.9. The van der Waals surface area contributed by atoms with Crippen LogP contribution < -0.4 is 5.32 Å². The molecule has 0 spiro atoms. The highest BCUT2D eigenvalue weighted by atomic mass is 32.2. The van der Waals surface area contributed by atoms with E-state index in [1.54, 1.807) is 6.92 Å². The quantitative estimate of drug-likeness (QED) is 0.695. The van der Waals surface area contributed by atoms with E-state index in [4.69, 9.17) is 4.52 Å². The summed E-state index contributed by atoms with van der Waals surface area (Å²) < 4.78 is 72.0. The zero-order valence-corrected chi connectivity index (χ0v) is 18.9. The number of carbonyl (C=O) groups excluding carboxylic acids is 1. The Morgan fingerprint density at radius 3 is 2.39 bits per heavy atom. The van der Waals surface area contributed by atoms with Gasteiger partial charge >= 0.3 is 6.18 Å². The van der Waals surface area contributed by atoms with Crippen LogP contribution in [0.2, 0.25) is 0 Å². The number of halogens is 3. The van der Waals surface area contributed by atoms with Crippen molar-refractivity contribution in [2.24, 2.45) is 5.92 Å². The van der Waals surface area contributed by atoms with Gasteiger partial charge in [-0.2, -0.15) is 22.5 Å². The number of benzene rings is 1. The first-order valence-electron chi connectivity index (χ1n) is 10.8. The van der Waals surface area contributed by atoms with Gasteiger partial charge in [-0.3, -0.25) is 4.79 Å². The summed E-state index contributed by atoms with van der Waals surface area (Å²) in [6.07, 6.45) is -1.20. The molecule has 1 aliphatic heterocycles. The molecule has 0 bridgehead atoms. The molecule has 12 heteroatoms. The number of amides is 1. The van der Waals surface area contributed by atoms with Crippen molar-refractivity contribution in [2.75, 3.05) is 13.1 Å². The molecule has 1 aromatic heterocycles. The van der Waals surface area contributed by atoms with Crippen LogP contribution in [0.1, 0.15) is 55.8 Å². The van der Waals surface area contributed by atoms with Crippen LogP contribution in [-0.2, 0) is 26.5 Å². The molecule has 2 aromatic rings. The predicted octanol–water partition coefficient (Wildman–Crippen LogP) is 3.38. The van der Waals surface area contributed by atoms with Gasteiger partial charge in [0, 0.05) is 25.9 Å². The van der Waals surface area contributed by atoms with Gasteiger partial charge in [0.2, 0.25) is 21.8 Å². The molecule has 0 atom stereocenters. The summed E-state index contributed by atoms with van der Waals surface area (Å²) in [4.78, 5) is 16.6. The fourth-order valence-electron chi connectivity index (χ4n) is 4.64. The molecule has 0 radical (unpaired) electrons. The second kappa shape index (κ2) is 8.71. The third kappa shape index (κ3) is 4.63. The number of piperidine rings is 1. The fraction of sp³-hybridized carbons (Fsp3) is 0.571. The van der Waals surface area contributed by atoms with E-state index in [0.29, 0.717) is 24.6 Å². The van der Waals surface area contributed by atoms with Crippen molar-refractivity contribution in [2.45, 2.75) is 62.1 Å². The Labute approximate surface area is 189 Å². The minimum Gasteiger partial charge on any atom is -0.343 e. The van der Waals surface area contributed by atoms with Gasteiger partial charge in [0.1, 0.15) is 5.54 Å². The van der Waals surface area contributed by atoms with Gasteiger partial charge in [0.05, 0.1) is 10.5 Å². The zero-order valence-electron chi connectivity index (χ0n) is 18.1. The lowest BCUT2D eigenvalue weighted by molar-refractivity contribution is -0.139. The highest BCUT2D eigenvalue weighted by Crippen LogP contribution is 2.39. The van der Waals surface area contributed by atoms with Crippen LogP contribution >= 0.6 is 0 Å². The maximum absolute atomic E-state index is 13.3. The second-order valence-electron chi connectivity index (χ2n) is 8.59. The molecule has 1 aromatic carbocycles. The first-order chi connectivity index (χ1) is 15.5. The smallest absolute Gasteiger partial charge is 0.343 e. The van der Waals surface area contributed by atoms with E-state index >= 15 is 0 Å². The molecular formula is C21H25F3N4O4S. The Morgan fingerprint density at radius 2 is 1.82 bits per heavy atom. The van der Waals surface area contributed by atoms with E-state index in [1.807, 2.05) is 0 Å². The lowest BCUT2D eigenvalue weighted by atomic mass is 9.92. The Kier molecular flexibility index (Phi) is 6.25. The fourth-order valence-corrected chi connectivity index (χ4v) is 6.32. The van der Waals surface area contributed by atoms with E-state index in [1.165, 1.54) is 6.07 Å². The second-order valence-corrected chi connectivity index (χ2v) is 10.5. The number of hydrogen-bond acceptors (Lipinski definition) is 6. The Morgan fingerprint density at radius 1 is 1.18 bits per heavy atom. The Hall–Kier alpha value is -2.47. The maximum Gasteiger partial charge on any atom is 0.417 e. The van der Waals surface area contributed by atoms with Crippen molar-refractivity contribution in [3.05, 3.63) is 41.5 Å². The Balaban J connectivity index is 1.45. The standard InChI is InChI=1S/C21H25F3N4O4S/c1-14-25-19(27-32-14)20(10-4-5-11-20)26-18(29)15-8-12-28(13-9-15)33(30,31)17-7-3-2-6-16(17)21(22,23)24/h2-3,6-7,15H,4-5,8-13H2,1H3,(H,26,29). The third-order valence-corrected chi connectivity index (χ3v) is 8.37. The largest absolute Gasteiger partial charge is 0.417 e. The first kappa shape index (κ1) is 23.7. The monoisotopic (exact) mass is 486 g/mol. The van der Waals surface area contributed by atoms with Crippen LogP contribution in [-0.4, -0.2) is 41.9 Å². The lowest BCUT2D eigenvalue weighted by Crippen LogP contribution is -2.49. The molecule has 0 unspecified atom stereocenters. The van der Waals surface area contributed by atoms with Crippen molar-refractivity contribution in [1.82, 2.24) is 19.8 Å². The molecule has 33 heavy (non-hydrogen) atoms. The van der Waals surface area contributed by atoms with Crippen molar-refractivity contribution in [1.29, 1.82) is 0 Å². The number of nitrogens with zero attached hydrogens (tertiary/aromatic N) is 3. The van der Waals surface area contributed by atoms with E-state index in [2.05, 4.69) is 15.5 Å². The summed E-state index contributed by atoms with van der Waals surface area (Å²) in [7, 11) is -4.35. The molecule has 4 rings (SSSR count). The summed E-state index contributed by atoms with van der Waals surface area (Å²) in [5.41, 5.74) is -1.90. The number of hydrogen-bond donors (Lipinski definition) is 1. The van der Waals surface area contributed by atoms with Crippen LogP contribution in [0.4, 0.5) is 13.2 Å². The van der Waals surface area contributed by atoms with Gasteiger partial charge in [0.25, 0.3) is 0 Å². The van der Waals surface area contributed by atoms with Crippen LogP contribution in [0.15, 0.2) is 33.7 Å². The number of sulfonamides is 1. The minimum absolute atomic E-state index is 0.0407. The van der Waals surface area contributed by atoms with Crippen LogP contribution in [0, 0.1) is 12.8 Å². The molecule has 2 aliphatic rings. The van der Waals surface area contributed by atoms with Gasteiger partial charge < -0.3 is 9.84 Å². The Bertz CT molecular complexity index is 1120. The summed E-state index contributed by atoms with van der Waals surface area (Å²) in [6.45, 7) is 1.59. The van der Waals surface area contributed by atoms with Gasteiger partial charge in [0.15, 0.2) is 5.82 Å². The van der Waals surface area contributed by atoms with E-state index in [-0.39, 0.29) is 31.8 Å². The lowest BCUT2D eigenvalue weighted by Gasteiger charge is -2.34.